The summed E-state index contributed by atoms with van der Waals surface area (Å²) >= 11 is 12.4. The first-order valence-corrected chi connectivity index (χ1v) is 13.2. The van der Waals surface area contributed by atoms with Gasteiger partial charge in [-0.25, -0.2) is 13.8 Å². The molecule has 0 bridgehead atoms. The highest BCUT2D eigenvalue weighted by molar-refractivity contribution is 7.92. The molecule has 0 unspecified atom stereocenters. The minimum atomic E-state index is -4.11. The molecule has 0 fully saturated rings. The molecule has 0 aliphatic rings. The van der Waals surface area contributed by atoms with Gasteiger partial charge >= 0.3 is 0 Å². The molecule has 0 saturated carbocycles. The summed E-state index contributed by atoms with van der Waals surface area (Å²) in [4.78, 5) is 14.9. The van der Waals surface area contributed by atoms with Crippen molar-refractivity contribution in [1.82, 2.24) is 5.43 Å². The lowest BCUT2D eigenvalue weighted by Gasteiger charge is -2.24. The van der Waals surface area contributed by atoms with Crippen LogP contribution in [0.3, 0.4) is 0 Å². The molecule has 3 aromatic rings. The van der Waals surface area contributed by atoms with Crippen LogP contribution in [0.4, 0.5) is 11.4 Å². The van der Waals surface area contributed by atoms with E-state index in [9.17, 15) is 13.2 Å². The maximum Gasteiger partial charge on any atom is 0.264 e. The Bertz CT molecular complexity index is 1280. The van der Waals surface area contributed by atoms with E-state index in [1.165, 1.54) is 30.5 Å². The number of hydrogen-bond donors (Lipinski definition) is 1. The molecular formula is C25H26Cl2N4O3S. The van der Waals surface area contributed by atoms with Crippen molar-refractivity contribution in [2.45, 2.75) is 18.7 Å². The number of carbonyl (C=O) groups excluding carboxylic acids is 1. The van der Waals surface area contributed by atoms with E-state index in [2.05, 4.69) is 29.3 Å². The van der Waals surface area contributed by atoms with Crippen molar-refractivity contribution in [1.29, 1.82) is 0 Å². The molecule has 0 aromatic heterocycles. The summed E-state index contributed by atoms with van der Waals surface area (Å²) in [7, 11) is -4.11. The van der Waals surface area contributed by atoms with Crippen molar-refractivity contribution >= 4 is 56.7 Å². The van der Waals surface area contributed by atoms with Gasteiger partial charge in [-0.3, -0.25) is 9.10 Å². The summed E-state index contributed by atoms with van der Waals surface area (Å²) in [5.41, 5.74) is 4.36. The fourth-order valence-electron chi connectivity index (χ4n) is 3.41. The van der Waals surface area contributed by atoms with E-state index in [0.29, 0.717) is 0 Å². The van der Waals surface area contributed by atoms with E-state index < -0.39 is 22.5 Å². The van der Waals surface area contributed by atoms with E-state index in [1.807, 2.05) is 24.3 Å². The van der Waals surface area contributed by atoms with Gasteiger partial charge in [0.25, 0.3) is 15.9 Å². The van der Waals surface area contributed by atoms with E-state index in [-0.39, 0.29) is 20.6 Å². The molecule has 0 saturated heterocycles. The van der Waals surface area contributed by atoms with Crippen molar-refractivity contribution in [3.8, 4) is 0 Å². The van der Waals surface area contributed by atoms with Crippen LogP contribution < -0.4 is 14.6 Å². The molecule has 0 radical (unpaired) electrons. The normalized spacial score (nSPS) is 11.4. The first-order valence-electron chi connectivity index (χ1n) is 11.0. The quantitative estimate of drug-likeness (QED) is 0.288. The molecule has 1 amide bonds. The van der Waals surface area contributed by atoms with E-state index in [1.54, 1.807) is 24.3 Å². The van der Waals surface area contributed by atoms with E-state index >= 15 is 0 Å². The summed E-state index contributed by atoms with van der Waals surface area (Å²) in [6.45, 7) is 5.44. The Balaban J connectivity index is 1.79. The van der Waals surface area contributed by atoms with Crippen molar-refractivity contribution < 1.29 is 13.2 Å². The van der Waals surface area contributed by atoms with Gasteiger partial charge in [-0.05, 0) is 55.8 Å². The molecule has 7 nitrogen and oxygen atoms in total. The fraction of sp³-hybridized carbons (Fsp3) is 0.200. The van der Waals surface area contributed by atoms with Crippen LogP contribution in [0.5, 0.6) is 0 Å². The van der Waals surface area contributed by atoms with Gasteiger partial charge in [0.05, 0.1) is 26.8 Å². The maximum absolute atomic E-state index is 13.4. The average Bonchev–Trinajstić information content (AvgIpc) is 2.86. The van der Waals surface area contributed by atoms with Gasteiger partial charge in [-0.15, -0.1) is 0 Å². The summed E-state index contributed by atoms with van der Waals surface area (Å²) in [6.07, 6.45) is 1.49. The zero-order valence-corrected chi connectivity index (χ0v) is 21.7. The van der Waals surface area contributed by atoms with Crippen LogP contribution >= 0.6 is 23.2 Å². The zero-order chi connectivity index (χ0) is 25.4. The number of nitrogens with zero attached hydrogens (tertiary/aromatic N) is 3. The Hall–Kier alpha value is -3.07. The molecule has 3 rings (SSSR count). The lowest BCUT2D eigenvalue weighted by atomic mass is 10.2. The Kier molecular flexibility index (Phi) is 9.14. The van der Waals surface area contributed by atoms with Crippen LogP contribution in [-0.4, -0.2) is 40.2 Å². The second kappa shape index (κ2) is 12.1. The van der Waals surface area contributed by atoms with Crippen LogP contribution in [0, 0.1) is 0 Å². The van der Waals surface area contributed by atoms with Gasteiger partial charge in [0.2, 0.25) is 0 Å². The third-order valence-electron chi connectivity index (χ3n) is 5.24. The van der Waals surface area contributed by atoms with E-state index in [0.717, 1.165) is 28.6 Å². The van der Waals surface area contributed by atoms with Crippen LogP contribution in [0.15, 0.2) is 82.8 Å². The average molecular weight is 533 g/mol. The highest BCUT2D eigenvalue weighted by atomic mass is 35.5. The van der Waals surface area contributed by atoms with Gasteiger partial charge in [0.15, 0.2) is 0 Å². The highest BCUT2D eigenvalue weighted by Gasteiger charge is 2.29. The highest BCUT2D eigenvalue weighted by Crippen LogP contribution is 2.35. The minimum Gasteiger partial charge on any atom is -0.372 e. The molecule has 35 heavy (non-hydrogen) atoms. The third kappa shape index (κ3) is 6.54. The largest absolute Gasteiger partial charge is 0.372 e. The van der Waals surface area contributed by atoms with E-state index in [4.69, 9.17) is 23.2 Å². The van der Waals surface area contributed by atoms with Crippen LogP contribution in [0.1, 0.15) is 19.4 Å². The molecule has 0 heterocycles. The van der Waals surface area contributed by atoms with Crippen molar-refractivity contribution in [2.75, 3.05) is 28.8 Å². The second-order valence-corrected chi connectivity index (χ2v) is 10.1. The first kappa shape index (κ1) is 26.5. The Labute approximate surface area is 216 Å². The van der Waals surface area contributed by atoms with Crippen molar-refractivity contribution in [3.63, 3.8) is 0 Å². The third-order valence-corrected chi connectivity index (χ3v) is 7.83. The molecule has 1 N–H and O–H groups in total. The fourth-order valence-corrected chi connectivity index (χ4v) is 5.31. The molecular weight excluding hydrogens is 507 g/mol. The molecule has 0 spiro atoms. The molecule has 3 aromatic carbocycles. The first-order chi connectivity index (χ1) is 16.8. The molecule has 10 heteroatoms. The number of hydrogen-bond acceptors (Lipinski definition) is 5. The summed E-state index contributed by atoms with van der Waals surface area (Å²) < 4.78 is 27.6. The predicted molar refractivity (Wildman–Crippen MR) is 143 cm³/mol. The number of benzene rings is 3. The van der Waals surface area contributed by atoms with Gasteiger partial charge in [-0.2, -0.15) is 5.10 Å². The Morgan fingerprint density at radius 3 is 2.23 bits per heavy atom. The van der Waals surface area contributed by atoms with Crippen LogP contribution in [-0.2, 0) is 14.8 Å². The number of nitrogens with one attached hydrogen (secondary N) is 1. The second-order valence-electron chi connectivity index (χ2n) is 7.45. The number of rotatable bonds is 10. The molecule has 0 atom stereocenters. The van der Waals surface area contributed by atoms with Crippen molar-refractivity contribution in [3.05, 3.63) is 88.4 Å². The number of hydrazone groups is 1. The lowest BCUT2D eigenvalue weighted by Crippen LogP contribution is -2.39. The Morgan fingerprint density at radius 2 is 1.60 bits per heavy atom. The summed E-state index contributed by atoms with van der Waals surface area (Å²) in [5, 5.41) is 4.18. The van der Waals surface area contributed by atoms with Gasteiger partial charge in [0.1, 0.15) is 6.54 Å². The smallest absolute Gasteiger partial charge is 0.264 e. The summed E-state index contributed by atoms with van der Waals surface area (Å²) in [5.74, 6) is -0.642. The summed E-state index contributed by atoms with van der Waals surface area (Å²) in [6, 6.07) is 20.1. The SMILES string of the molecule is CCN(CC)c1ccc(/C=N\NC(=O)CN(c2cccc(Cl)c2Cl)S(=O)(=O)c2ccccc2)cc1. The number of sulfonamides is 1. The molecule has 0 aliphatic carbocycles. The lowest BCUT2D eigenvalue weighted by molar-refractivity contribution is -0.119. The predicted octanol–water partition coefficient (Wildman–Crippen LogP) is 5.19. The van der Waals surface area contributed by atoms with Crippen LogP contribution in [0.2, 0.25) is 10.0 Å². The number of amides is 1. The molecule has 0 aliphatic heterocycles. The number of anilines is 2. The monoisotopic (exact) mass is 532 g/mol. The Morgan fingerprint density at radius 1 is 0.943 bits per heavy atom. The topological polar surface area (TPSA) is 82.1 Å². The zero-order valence-electron chi connectivity index (χ0n) is 19.4. The number of halogens is 2. The number of carbonyl (C=O) groups is 1. The maximum atomic E-state index is 13.4. The standard InChI is InChI=1S/C25H26Cl2N4O3S/c1-3-30(4-2)20-15-13-19(14-16-20)17-28-29-24(32)18-31(23-12-8-11-22(26)25(23)27)35(33,34)21-9-6-5-7-10-21/h5-17H,3-4,18H2,1-2H3,(H,29,32)/b28-17-. The van der Waals surface area contributed by atoms with Crippen LogP contribution in [0.25, 0.3) is 0 Å². The van der Waals surface area contributed by atoms with Gasteiger partial charge < -0.3 is 4.90 Å². The minimum absolute atomic E-state index is 0.0145. The molecule has 184 valence electrons. The van der Waals surface area contributed by atoms with Gasteiger partial charge in [-0.1, -0.05) is 59.6 Å². The van der Waals surface area contributed by atoms with Gasteiger partial charge in [0, 0.05) is 18.8 Å². The van der Waals surface area contributed by atoms with Crippen molar-refractivity contribution in [2.24, 2.45) is 5.10 Å².